The summed E-state index contributed by atoms with van der Waals surface area (Å²) in [5.74, 6) is -0.108. The Balaban J connectivity index is 1.75. The van der Waals surface area contributed by atoms with Gasteiger partial charge in [-0.15, -0.1) is 11.3 Å². The van der Waals surface area contributed by atoms with E-state index in [1.54, 1.807) is 6.07 Å². The molecule has 1 saturated heterocycles. The molecule has 23 heavy (non-hydrogen) atoms. The number of hydrogen-bond acceptors (Lipinski definition) is 8. The molecule has 3 rings (SSSR count). The molecule has 9 heteroatoms. The van der Waals surface area contributed by atoms with E-state index in [4.69, 9.17) is 18.2 Å². The van der Waals surface area contributed by atoms with Crippen molar-refractivity contribution >= 4 is 30.2 Å². The molecule has 0 N–H and O–H groups in total. The van der Waals surface area contributed by atoms with Crippen molar-refractivity contribution in [1.82, 2.24) is 4.98 Å². The SMILES string of the molecule is CC(=O)OCC1COP(=O)(c2ccoc2-c2csc(C)n2)OC1. The smallest absolute Gasteiger partial charge is 0.365 e. The van der Waals surface area contributed by atoms with Gasteiger partial charge in [-0.25, -0.2) is 4.98 Å². The van der Waals surface area contributed by atoms with Gasteiger partial charge in [0, 0.05) is 18.2 Å². The number of carbonyl (C=O) groups is 1. The molecule has 0 amide bonds. The van der Waals surface area contributed by atoms with E-state index in [0.717, 1.165) is 5.01 Å². The first-order chi connectivity index (χ1) is 11.0. The molecular formula is C14H16NO6PS. The third-order valence-corrected chi connectivity index (χ3v) is 5.97. The zero-order valence-corrected chi connectivity index (χ0v) is 14.4. The van der Waals surface area contributed by atoms with Crippen LogP contribution < -0.4 is 5.30 Å². The molecule has 3 heterocycles. The van der Waals surface area contributed by atoms with E-state index >= 15 is 0 Å². The molecule has 0 bridgehead atoms. The molecule has 1 fully saturated rings. The minimum absolute atomic E-state index is 0.141. The zero-order valence-electron chi connectivity index (χ0n) is 12.7. The summed E-state index contributed by atoms with van der Waals surface area (Å²) in [6.45, 7) is 3.77. The number of aromatic nitrogens is 1. The maximum Gasteiger partial charge on any atom is 0.365 e. The number of aryl methyl sites for hydroxylation is 1. The molecule has 1 aliphatic heterocycles. The van der Waals surface area contributed by atoms with Crippen LogP contribution in [0, 0.1) is 12.8 Å². The fourth-order valence-electron chi connectivity index (χ4n) is 2.14. The highest BCUT2D eigenvalue weighted by Crippen LogP contribution is 2.52. The molecule has 0 saturated carbocycles. The molecule has 1 aliphatic rings. The lowest BCUT2D eigenvalue weighted by Gasteiger charge is -2.28. The molecule has 0 aromatic carbocycles. The Morgan fingerprint density at radius 2 is 2.22 bits per heavy atom. The summed E-state index contributed by atoms with van der Waals surface area (Å²) in [4.78, 5) is 15.2. The van der Waals surface area contributed by atoms with Gasteiger partial charge in [0.25, 0.3) is 0 Å². The van der Waals surface area contributed by atoms with Gasteiger partial charge < -0.3 is 18.2 Å². The predicted octanol–water partition coefficient (Wildman–Crippen LogP) is 2.76. The van der Waals surface area contributed by atoms with Gasteiger partial charge in [0.2, 0.25) is 0 Å². The number of rotatable bonds is 4. The van der Waals surface area contributed by atoms with Crippen LogP contribution in [-0.4, -0.2) is 30.8 Å². The lowest BCUT2D eigenvalue weighted by Crippen LogP contribution is -2.29. The van der Waals surface area contributed by atoms with Gasteiger partial charge in [0.15, 0.2) is 5.76 Å². The van der Waals surface area contributed by atoms with Crippen molar-refractivity contribution in [1.29, 1.82) is 0 Å². The van der Waals surface area contributed by atoms with E-state index in [9.17, 15) is 9.36 Å². The van der Waals surface area contributed by atoms with Crippen LogP contribution in [0.1, 0.15) is 11.9 Å². The Labute approximate surface area is 137 Å². The van der Waals surface area contributed by atoms with Gasteiger partial charge in [-0.05, 0) is 13.0 Å². The van der Waals surface area contributed by atoms with Gasteiger partial charge in [0.05, 0.1) is 31.1 Å². The lowest BCUT2D eigenvalue weighted by atomic mass is 10.2. The first-order valence-electron chi connectivity index (χ1n) is 7.01. The van der Waals surface area contributed by atoms with Crippen LogP contribution in [-0.2, 0) is 23.1 Å². The predicted molar refractivity (Wildman–Crippen MR) is 83.8 cm³/mol. The Bertz CT molecular complexity index is 742. The van der Waals surface area contributed by atoms with Gasteiger partial charge >= 0.3 is 13.6 Å². The third-order valence-electron chi connectivity index (χ3n) is 3.27. The van der Waals surface area contributed by atoms with Crippen LogP contribution in [0.3, 0.4) is 0 Å². The van der Waals surface area contributed by atoms with Gasteiger partial charge in [0.1, 0.15) is 11.0 Å². The highest BCUT2D eigenvalue weighted by Gasteiger charge is 2.38. The van der Waals surface area contributed by atoms with Crippen LogP contribution >= 0.6 is 18.9 Å². The summed E-state index contributed by atoms with van der Waals surface area (Å²) in [7, 11) is -3.47. The number of furan rings is 1. The van der Waals surface area contributed by atoms with Crippen molar-refractivity contribution in [2.24, 2.45) is 5.92 Å². The Morgan fingerprint density at radius 3 is 2.83 bits per heavy atom. The Kier molecular flexibility index (Phi) is 4.68. The molecule has 0 radical (unpaired) electrons. The topological polar surface area (TPSA) is 87.9 Å². The summed E-state index contributed by atoms with van der Waals surface area (Å²) >= 11 is 1.48. The lowest BCUT2D eigenvalue weighted by molar-refractivity contribution is -0.143. The normalized spacial score (nSPS) is 24.5. The van der Waals surface area contributed by atoms with Crippen molar-refractivity contribution < 1.29 is 27.6 Å². The highest BCUT2D eigenvalue weighted by molar-refractivity contribution is 7.62. The summed E-state index contributed by atoms with van der Waals surface area (Å²) in [5, 5.41) is 3.08. The van der Waals surface area contributed by atoms with Crippen LogP contribution in [0.5, 0.6) is 0 Å². The number of nitrogens with zero attached hydrogens (tertiary/aromatic N) is 1. The second-order valence-electron chi connectivity index (χ2n) is 5.14. The standard InChI is InChI=1S/C14H16NO6PS/c1-9-15-12(8-23-9)14-13(3-4-18-14)22(17)20-6-11(7-21-22)5-19-10(2)16/h3-4,8,11H,5-7H2,1-2H3. The summed E-state index contributed by atoms with van der Waals surface area (Å²) in [6.07, 6.45) is 1.44. The summed E-state index contributed by atoms with van der Waals surface area (Å²) in [6, 6.07) is 1.58. The molecule has 124 valence electrons. The van der Waals surface area contributed by atoms with Crippen molar-refractivity contribution in [3.63, 3.8) is 0 Å². The van der Waals surface area contributed by atoms with E-state index < -0.39 is 7.60 Å². The number of ether oxygens (including phenoxy) is 1. The van der Waals surface area contributed by atoms with Crippen LogP contribution in [0.15, 0.2) is 22.1 Å². The van der Waals surface area contributed by atoms with E-state index in [-0.39, 0.29) is 31.7 Å². The molecule has 2 aromatic heterocycles. The fourth-order valence-corrected chi connectivity index (χ4v) is 4.56. The Morgan fingerprint density at radius 1 is 1.48 bits per heavy atom. The second kappa shape index (κ2) is 6.57. The quantitative estimate of drug-likeness (QED) is 0.614. The molecule has 2 aromatic rings. The molecular weight excluding hydrogens is 341 g/mol. The first kappa shape index (κ1) is 16.4. The van der Waals surface area contributed by atoms with E-state index in [1.807, 2.05) is 12.3 Å². The van der Waals surface area contributed by atoms with Crippen LogP contribution in [0.25, 0.3) is 11.5 Å². The minimum atomic E-state index is -3.47. The van der Waals surface area contributed by atoms with Crippen molar-refractivity contribution in [3.05, 3.63) is 22.7 Å². The maximum atomic E-state index is 12.9. The minimum Gasteiger partial charge on any atom is -0.465 e. The van der Waals surface area contributed by atoms with Crippen molar-refractivity contribution in [3.8, 4) is 11.5 Å². The monoisotopic (exact) mass is 357 g/mol. The van der Waals surface area contributed by atoms with Gasteiger partial charge in [-0.3, -0.25) is 9.36 Å². The van der Waals surface area contributed by atoms with E-state index in [0.29, 0.717) is 16.8 Å². The third kappa shape index (κ3) is 3.55. The second-order valence-corrected chi connectivity index (χ2v) is 8.20. The van der Waals surface area contributed by atoms with E-state index in [1.165, 1.54) is 24.5 Å². The van der Waals surface area contributed by atoms with Crippen LogP contribution in [0.4, 0.5) is 0 Å². The molecule has 0 unspecified atom stereocenters. The molecule has 7 nitrogen and oxygen atoms in total. The highest BCUT2D eigenvalue weighted by atomic mass is 32.1. The van der Waals surface area contributed by atoms with Gasteiger partial charge in [-0.2, -0.15) is 0 Å². The van der Waals surface area contributed by atoms with Gasteiger partial charge in [-0.1, -0.05) is 0 Å². The average Bonchev–Trinajstić information content (AvgIpc) is 3.15. The zero-order chi connectivity index (χ0) is 16.4. The molecule has 0 spiro atoms. The van der Waals surface area contributed by atoms with Crippen molar-refractivity contribution in [2.75, 3.05) is 19.8 Å². The summed E-state index contributed by atoms with van der Waals surface area (Å²) in [5.41, 5.74) is 0.608. The first-order valence-corrected chi connectivity index (χ1v) is 9.43. The number of thiazole rings is 1. The molecule has 0 aliphatic carbocycles. The van der Waals surface area contributed by atoms with Crippen molar-refractivity contribution in [2.45, 2.75) is 13.8 Å². The largest absolute Gasteiger partial charge is 0.465 e. The maximum absolute atomic E-state index is 12.9. The average molecular weight is 357 g/mol. The Hall–Kier alpha value is -1.47. The molecule has 0 atom stereocenters. The number of hydrogen-bond donors (Lipinski definition) is 0. The van der Waals surface area contributed by atoms with E-state index in [2.05, 4.69) is 4.98 Å². The summed E-state index contributed by atoms with van der Waals surface area (Å²) < 4.78 is 34.3. The van der Waals surface area contributed by atoms with Crippen LogP contribution in [0.2, 0.25) is 0 Å². The number of esters is 1. The number of carbonyl (C=O) groups excluding carboxylic acids is 1. The fraction of sp³-hybridized carbons (Fsp3) is 0.429.